The van der Waals surface area contributed by atoms with Crippen LogP contribution in [0.15, 0.2) is 28.5 Å². The van der Waals surface area contributed by atoms with Crippen LogP contribution in [0.2, 0.25) is 0 Å². The molecule has 1 N–H and O–H groups in total. The van der Waals surface area contributed by atoms with E-state index in [9.17, 15) is 14.4 Å². The lowest BCUT2D eigenvalue weighted by atomic mass is 10.1. The van der Waals surface area contributed by atoms with Gasteiger partial charge in [-0.2, -0.15) is 0 Å². The van der Waals surface area contributed by atoms with E-state index in [1.807, 2.05) is 32.0 Å². The summed E-state index contributed by atoms with van der Waals surface area (Å²) in [7, 11) is 0. The second-order valence-corrected chi connectivity index (χ2v) is 9.17. The number of nitrogens with zero attached hydrogens (tertiary/aromatic N) is 3. The zero-order valence-electron chi connectivity index (χ0n) is 16.5. The molecule has 1 aliphatic heterocycles. The van der Waals surface area contributed by atoms with E-state index >= 15 is 0 Å². The molecule has 156 valence electrons. The number of hydrogen-bond acceptors (Lipinski definition) is 7. The SMILES string of the molecule is CC(=O)N(c1ccc(C)c(C)c1)c1nc(/C=C2/SC(=S)N(CCC(=O)O)C2=O)cs1. The Kier molecular flexibility index (Phi) is 6.69. The predicted octanol–water partition coefficient (Wildman–Crippen LogP) is 4.12. The molecule has 0 atom stereocenters. The molecule has 0 unspecified atom stereocenters. The first-order valence-electron chi connectivity index (χ1n) is 8.98. The van der Waals surface area contributed by atoms with Gasteiger partial charge in [0.1, 0.15) is 4.32 Å². The molecule has 1 saturated heterocycles. The molecule has 0 saturated carbocycles. The first kappa shape index (κ1) is 22.1. The van der Waals surface area contributed by atoms with Crippen molar-refractivity contribution in [3.8, 4) is 0 Å². The second kappa shape index (κ2) is 9.07. The Labute approximate surface area is 187 Å². The van der Waals surface area contributed by atoms with Crippen LogP contribution >= 0.6 is 35.3 Å². The third-order valence-electron chi connectivity index (χ3n) is 4.47. The number of aliphatic carboxylic acids is 1. The molecule has 2 aromatic rings. The Morgan fingerprint density at radius 3 is 2.67 bits per heavy atom. The molecule has 10 heteroatoms. The van der Waals surface area contributed by atoms with Gasteiger partial charge in [0.05, 0.1) is 22.7 Å². The maximum atomic E-state index is 12.5. The molecule has 0 spiro atoms. The van der Waals surface area contributed by atoms with Crippen LogP contribution in [-0.4, -0.2) is 43.6 Å². The van der Waals surface area contributed by atoms with Crippen LogP contribution in [0.3, 0.4) is 0 Å². The number of carboxylic acids is 1. The van der Waals surface area contributed by atoms with Crippen molar-refractivity contribution in [3.63, 3.8) is 0 Å². The summed E-state index contributed by atoms with van der Waals surface area (Å²) in [6, 6.07) is 5.77. The minimum absolute atomic E-state index is 0.0323. The summed E-state index contributed by atoms with van der Waals surface area (Å²) in [6.07, 6.45) is 1.43. The number of anilines is 2. The van der Waals surface area contributed by atoms with E-state index in [2.05, 4.69) is 4.98 Å². The Hall–Kier alpha value is -2.56. The number of thiazole rings is 1. The van der Waals surface area contributed by atoms with Crippen molar-refractivity contribution in [2.75, 3.05) is 11.4 Å². The highest BCUT2D eigenvalue weighted by molar-refractivity contribution is 8.26. The van der Waals surface area contributed by atoms with Crippen LogP contribution in [0.25, 0.3) is 6.08 Å². The minimum atomic E-state index is -0.993. The molecule has 2 amide bonds. The van der Waals surface area contributed by atoms with Gasteiger partial charge in [0.2, 0.25) is 5.91 Å². The minimum Gasteiger partial charge on any atom is -0.481 e. The highest BCUT2D eigenvalue weighted by atomic mass is 32.2. The fourth-order valence-electron chi connectivity index (χ4n) is 2.77. The summed E-state index contributed by atoms with van der Waals surface area (Å²) in [4.78, 5) is 43.3. The molecule has 1 fully saturated rings. The average molecular weight is 462 g/mol. The summed E-state index contributed by atoms with van der Waals surface area (Å²) in [5.74, 6) is -1.50. The van der Waals surface area contributed by atoms with E-state index in [0.717, 1.165) is 28.6 Å². The van der Waals surface area contributed by atoms with Gasteiger partial charge in [0.15, 0.2) is 5.13 Å². The zero-order valence-corrected chi connectivity index (χ0v) is 19.0. The summed E-state index contributed by atoms with van der Waals surface area (Å²) >= 11 is 7.60. The van der Waals surface area contributed by atoms with E-state index in [0.29, 0.717) is 20.1 Å². The van der Waals surface area contributed by atoms with Crippen LogP contribution in [0.5, 0.6) is 0 Å². The van der Waals surface area contributed by atoms with Crippen molar-refractivity contribution in [3.05, 3.63) is 45.3 Å². The van der Waals surface area contributed by atoms with Crippen molar-refractivity contribution in [1.29, 1.82) is 0 Å². The highest BCUT2D eigenvalue weighted by Crippen LogP contribution is 2.35. The Morgan fingerprint density at radius 1 is 1.30 bits per heavy atom. The number of benzene rings is 1. The number of carbonyl (C=O) groups is 3. The maximum Gasteiger partial charge on any atom is 0.305 e. The largest absolute Gasteiger partial charge is 0.481 e. The summed E-state index contributed by atoms with van der Waals surface area (Å²) < 4.78 is 0.323. The lowest BCUT2D eigenvalue weighted by molar-refractivity contribution is -0.137. The molecule has 0 radical (unpaired) electrons. The first-order valence-corrected chi connectivity index (χ1v) is 11.1. The van der Waals surface area contributed by atoms with Crippen molar-refractivity contribution in [1.82, 2.24) is 9.88 Å². The van der Waals surface area contributed by atoms with Crippen molar-refractivity contribution in [2.45, 2.75) is 27.2 Å². The van der Waals surface area contributed by atoms with Gasteiger partial charge in [-0.15, -0.1) is 11.3 Å². The lowest BCUT2D eigenvalue weighted by Gasteiger charge is -2.19. The Morgan fingerprint density at radius 2 is 2.03 bits per heavy atom. The van der Waals surface area contributed by atoms with Crippen LogP contribution in [0.4, 0.5) is 10.8 Å². The Balaban J connectivity index is 1.85. The molecule has 0 bridgehead atoms. The number of thiocarbonyl (C=S) groups is 1. The maximum absolute atomic E-state index is 12.5. The smallest absolute Gasteiger partial charge is 0.305 e. The van der Waals surface area contributed by atoms with Gasteiger partial charge >= 0.3 is 5.97 Å². The van der Waals surface area contributed by atoms with Crippen LogP contribution in [0, 0.1) is 13.8 Å². The number of carbonyl (C=O) groups excluding carboxylic acids is 2. The molecule has 0 aliphatic carbocycles. The van der Waals surface area contributed by atoms with E-state index in [1.54, 1.807) is 11.5 Å². The monoisotopic (exact) mass is 461 g/mol. The average Bonchev–Trinajstić information content (AvgIpc) is 3.21. The number of thioether (sulfide) groups is 1. The fourth-order valence-corrected chi connectivity index (χ4v) is 4.91. The standard InChI is InChI=1S/C20H19N3O4S3/c1-11-4-5-15(8-12(11)2)23(13(3)24)19-21-14(10-29-19)9-16-18(27)22(20(28)30-16)7-6-17(25)26/h4-5,8-10H,6-7H2,1-3H3,(H,25,26)/b16-9+. The molecular formula is C20H19N3O4S3. The van der Waals surface area contributed by atoms with Gasteiger partial charge in [0.25, 0.3) is 5.91 Å². The Bertz CT molecular complexity index is 1080. The molecule has 30 heavy (non-hydrogen) atoms. The number of aryl methyl sites for hydroxylation is 2. The molecule has 1 aromatic heterocycles. The number of amides is 2. The molecule has 2 heterocycles. The van der Waals surface area contributed by atoms with Crippen LogP contribution in [0.1, 0.15) is 30.2 Å². The van der Waals surface area contributed by atoms with Gasteiger partial charge in [-0.25, -0.2) is 4.98 Å². The zero-order chi connectivity index (χ0) is 22.0. The van der Waals surface area contributed by atoms with Gasteiger partial charge < -0.3 is 5.11 Å². The first-order chi connectivity index (χ1) is 14.2. The van der Waals surface area contributed by atoms with Gasteiger partial charge in [-0.3, -0.25) is 24.2 Å². The topological polar surface area (TPSA) is 90.8 Å². The van der Waals surface area contributed by atoms with Crippen LogP contribution in [-0.2, 0) is 14.4 Å². The van der Waals surface area contributed by atoms with Crippen molar-refractivity contribution < 1.29 is 19.5 Å². The number of rotatable bonds is 6. The second-order valence-electron chi connectivity index (χ2n) is 6.66. The normalized spacial score (nSPS) is 15.2. The molecular weight excluding hydrogens is 442 g/mol. The van der Waals surface area contributed by atoms with Crippen molar-refractivity contribution in [2.24, 2.45) is 0 Å². The summed E-state index contributed by atoms with van der Waals surface area (Å²) in [5.41, 5.74) is 3.46. The van der Waals surface area contributed by atoms with E-state index in [4.69, 9.17) is 17.3 Å². The van der Waals surface area contributed by atoms with E-state index < -0.39 is 5.97 Å². The molecule has 1 aliphatic rings. The van der Waals surface area contributed by atoms with Crippen molar-refractivity contribution >= 4 is 74.3 Å². The molecule has 3 rings (SSSR count). The number of aromatic nitrogens is 1. The fraction of sp³-hybridized carbons (Fsp3) is 0.250. The van der Waals surface area contributed by atoms with Gasteiger partial charge in [0, 0.05) is 18.8 Å². The number of hydrogen-bond donors (Lipinski definition) is 1. The molecule has 7 nitrogen and oxygen atoms in total. The quantitative estimate of drug-likeness (QED) is 0.511. The summed E-state index contributed by atoms with van der Waals surface area (Å²) in [5, 5.41) is 11.1. The van der Waals surface area contributed by atoms with E-state index in [-0.39, 0.29) is 24.8 Å². The van der Waals surface area contributed by atoms with Gasteiger partial charge in [-0.1, -0.05) is 30.0 Å². The van der Waals surface area contributed by atoms with E-state index in [1.165, 1.54) is 28.1 Å². The van der Waals surface area contributed by atoms with Crippen LogP contribution < -0.4 is 4.90 Å². The van der Waals surface area contributed by atoms with Gasteiger partial charge in [-0.05, 0) is 43.2 Å². The predicted molar refractivity (Wildman–Crippen MR) is 123 cm³/mol. The third kappa shape index (κ3) is 4.77. The number of carboxylic acid groups (broad SMARTS) is 1. The highest BCUT2D eigenvalue weighted by Gasteiger charge is 2.32. The lowest BCUT2D eigenvalue weighted by Crippen LogP contribution is -2.30. The molecule has 1 aromatic carbocycles. The third-order valence-corrected chi connectivity index (χ3v) is 6.69. The summed E-state index contributed by atoms with van der Waals surface area (Å²) in [6.45, 7) is 5.50.